The number of carbonyl (C=O) groups excluding carboxylic acids is 2. The van der Waals surface area contributed by atoms with Gasteiger partial charge < -0.3 is 26.4 Å². The summed E-state index contributed by atoms with van der Waals surface area (Å²) in [5.41, 5.74) is 8.69. The molecule has 0 unspecified atom stereocenters. The smallest absolute Gasteiger partial charge is 0.283 e. The molecule has 0 spiro atoms. The minimum Gasteiger partial charge on any atom is -0.497 e. The molecule has 2 amide bonds. The highest BCUT2D eigenvalue weighted by Crippen LogP contribution is 2.32. The zero-order valence-electron chi connectivity index (χ0n) is 20.8. The van der Waals surface area contributed by atoms with E-state index in [1.807, 2.05) is 26.0 Å². The number of aliphatic imine (C=N–C) groups is 1. The summed E-state index contributed by atoms with van der Waals surface area (Å²) in [6.07, 6.45) is 0. The number of halogens is 2. The molecule has 0 bridgehead atoms. The Morgan fingerprint density at radius 1 is 1.16 bits per heavy atom. The lowest BCUT2D eigenvalue weighted by molar-refractivity contribution is -0.115. The number of nitrogens with zero attached hydrogens (tertiary/aromatic N) is 2. The summed E-state index contributed by atoms with van der Waals surface area (Å²) in [4.78, 5) is 29.8. The minimum absolute atomic E-state index is 0.0688. The molecule has 2 aromatic carbocycles. The van der Waals surface area contributed by atoms with E-state index in [2.05, 4.69) is 25.3 Å². The van der Waals surface area contributed by atoms with Gasteiger partial charge in [-0.1, -0.05) is 37.0 Å². The molecule has 196 valence electrons. The quantitative estimate of drug-likeness (QED) is 0.221. The van der Waals surface area contributed by atoms with Gasteiger partial charge in [0.15, 0.2) is 5.96 Å². The zero-order valence-corrected chi connectivity index (χ0v) is 23.1. The van der Waals surface area contributed by atoms with Gasteiger partial charge in [0.25, 0.3) is 5.91 Å². The predicted octanol–water partition coefficient (Wildman–Crippen LogP) is 4.62. The van der Waals surface area contributed by atoms with Crippen LogP contribution in [0.3, 0.4) is 0 Å². The lowest BCUT2D eigenvalue weighted by Crippen LogP contribution is -2.33. The lowest BCUT2D eigenvalue weighted by Gasteiger charge is -2.13. The summed E-state index contributed by atoms with van der Waals surface area (Å²) in [5, 5.41) is 9.17. The van der Waals surface area contributed by atoms with E-state index >= 15 is 0 Å². The van der Waals surface area contributed by atoms with Crippen molar-refractivity contribution in [3.63, 3.8) is 0 Å². The van der Waals surface area contributed by atoms with Crippen LogP contribution in [0, 0.1) is 6.92 Å². The van der Waals surface area contributed by atoms with Gasteiger partial charge in [0.1, 0.15) is 5.75 Å². The zero-order chi connectivity index (χ0) is 27.1. The van der Waals surface area contributed by atoms with E-state index in [0.717, 1.165) is 10.4 Å². The van der Waals surface area contributed by atoms with E-state index in [-0.39, 0.29) is 41.0 Å². The average Bonchev–Trinajstić information content (AvgIpc) is 3.25. The SMILES string of the molecule is COc1ccc(-c2nsc(C)c2C(=O)/N=C(\N)NCc2cc(Cl)c(NC(=O)CNC(C)C)c(Cl)c2)cc1. The largest absolute Gasteiger partial charge is 0.497 e. The van der Waals surface area contributed by atoms with Crippen molar-refractivity contribution in [2.45, 2.75) is 33.4 Å². The van der Waals surface area contributed by atoms with E-state index in [9.17, 15) is 9.59 Å². The number of anilines is 1. The Balaban J connectivity index is 1.68. The second-order valence-corrected chi connectivity index (χ2v) is 10.2. The number of hydrogen-bond donors (Lipinski definition) is 4. The Morgan fingerprint density at radius 2 is 1.81 bits per heavy atom. The van der Waals surface area contributed by atoms with Crippen molar-refractivity contribution in [1.82, 2.24) is 15.0 Å². The van der Waals surface area contributed by atoms with E-state index in [1.165, 1.54) is 11.5 Å². The first kappa shape index (κ1) is 28.4. The summed E-state index contributed by atoms with van der Waals surface area (Å²) in [5.74, 6) is -0.133. The van der Waals surface area contributed by atoms with Crippen LogP contribution >= 0.6 is 34.7 Å². The number of aryl methyl sites for hydroxylation is 1. The number of methoxy groups -OCH3 is 1. The fraction of sp³-hybridized carbons (Fsp3) is 0.280. The number of hydrogen-bond acceptors (Lipinski definition) is 6. The van der Waals surface area contributed by atoms with Gasteiger partial charge in [0.05, 0.1) is 40.6 Å². The first-order valence-electron chi connectivity index (χ1n) is 11.3. The first-order valence-corrected chi connectivity index (χ1v) is 12.9. The number of benzene rings is 2. The van der Waals surface area contributed by atoms with E-state index in [4.69, 9.17) is 33.7 Å². The molecule has 37 heavy (non-hydrogen) atoms. The second kappa shape index (κ2) is 12.9. The number of rotatable bonds is 9. The molecule has 0 aliphatic rings. The Labute approximate surface area is 229 Å². The van der Waals surface area contributed by atoms with Gasteiger partial charge in [0.2, 0.25) is 5.91 Å². The number of guanidine groups is 1. The number of amides is 2. The standard InChI is InChI=1S/C25H28Cl2N6O3S/c1-13(2)29-12-20(34)31-23-18(26)9-15(10-19(23)27)11-30-25(28)32-24(35)21-14(3)37-33-22(21)16-5-7-17(36-4)8-6-16/h5-10,13,29H,11-12H2,1-4H3,(H,31,34)(H3,28,30,32,35). The van der Waals surface area contributed by atoms with Gasteiger partial charge >= 0.3 is 0 Å². The molecule has 9 nitrogen and oxygen atoms in total. The summed E-state index contributed by atoms with van der Waals surface area (Å²) in [6, 6.07) is 10.7. The number of aromatic nitrogens is 1. The topological polar surface area (TPSA) is 131 Å². The monoisotopic (exact) mass is 562 g/mol. The van der Waals surface area contributed by atoms with Crippen LogP contribution in [0.5, 0.6) is 5.75 Å². The molecule has 1 aromatic heterocycles. The molecule has 0 aliphatic carbocycles. The molecule has 0 saturated carbocycles. The van der Waals surface area contributed by atoms with Gasteiger partial charge in [0, 0.05) is 23.0 Å². The van der Waals surface area contributed by atoms with Crippen LogP contribution in [0.2, 0.25) is 10.0 Å². The molecule has 0 saturated heterocycles. The normalized spacial score (nSPS) is 11.5. The molecule has 1 heterocycles. The Hall–Kier alpha value is -3.18. The summed E-state index contributed by atoms with van der Waals surface area (Å²) < 4.78 is 9.61. The number of ether oxygens (including phenoxy) is 1. The van der Waals surface area contributed by atoms with Crippen LogP contribution in [0.15, 0.2) is 41.4 Å². The number of nitrogens with two attached hydrogens (primary N) is 1. The first-order chi connectivity index (χ1) is 17.6. The predicted molar refractivity (Wildman–Crippen MR) is 150 cm³/mol. The highest BCUT2D eigenvalue weighted by molar-refractivity contribution is 7.06. The molecule has 0 fully saturated rings. The maximum atomic E-state index is 13.0. The molecule has 3 rings (SSSR count). The van der Waals surface area contributed by atoms with Crippen molar-refractivity contribution in [1.29, 1.82) is 0 Å². The third kappa shape index (κ3) is 7.65. The molecule has 0 radical (unpaired) electrons. The van der Waals surface area contributed by atoms with Crippen LogP contribution in [0.25, 0.3) is 11.3 Å². The third-order valence-electron chi connectivity index (χ3n) is 5.17. The minimum atomic E-state index is -0.508. The fourth-order valence-corrected chi connectivity index (χ4v) is 4.62. The highest BCUT2D eigenvalue weighted by Gasteiger charge is 2.20. The molecule has 5 N–H and O–H groups in total. The van der Waals surface area contributed by atoms with Gasteiger partial charge in [-0.3, -0.25) is 9.59 Å². The van der Waals surface area contributed by atoms with Crippen LogP contribution in [0.1, 0.15) is 34.6 Å². The molecule has 12 heteroatoms. The summed E-state index contributed by atoms with van der Waals surface area (Å²) >= 11 is 13.9. The maximum absolute atomic E-state index is 13.0. The lowest BCUT2D eigenvalue weighted by atomic mass is 10.1. The van der Waals surface area contributed by atoms with E-state index < -0.39 is 5.91 Å². The van der Waals surface area contributed by atoms with Gasteiger partial charge in [-0.05, 0) is 60.4 Å². The Kier molecular flexibility index (Phi) is 9.87. The number of carbonyl (C=O) groups is 2. The average molecular weight is 564 g/mol. The summed E-state index contributed by atoms with van der Waals surface area (Å²) in [7, 11) is 1.59. The second-order valence-electron chi connectivity index (χ2n) is 8.36. The highest BCUT2D eigenvalue weighted by atomic mass is 35.5. The van der Waals surface area contributed by atoms with Crippen LogP contribution < -0.4 is 26.4 Å². The van der Waals surface area contributed by atoms with E-state index in [0.29, 0.717) is 28.3 Å². The van der Waals surface area contributed by atoms with Gasteiger partial charge in [-0.15, -0.1) is 0 Å². The van der Waals surface area contributed by atoms with Crippen molar-refractivity contribution in [2.75, 3.05) is 19.0 Å². The van der Waals surface area contributed by atoms with Crippen LogP contribution in [-0.4, -0.2) is 41.8 Å². The van der Waals surface area contributed by atoms with Gasteiger partial charge in [-0.25, -0.2) is 0 Å². The van der Waals surface area contributed by atoms with Crippen molar-refractivity contribution in [3.8, 4) is 17.0 Å². The fourth-order valence-electron chi connectivity index (χ4n) is 3.29. The third-order valence-corrected chi connectivity index (χ3v) is 6.52. The molecule has 3 aromatic rings. The molecular weight excluding hydrogens is 535 g/mol. The molecule has 0 aliphatic heterocycles. The van der Waals surface area contributed by atoms with Crippen molar-refractivity contribution in [2.24, 2.45) is 10.7 Å². The molecular formula is C25H28Cl2N6O3S. The van der Waals surface area contributed by atoms with E-state index in [1.54, 1.807) is 38.3 Å². The maximum Gasteiger partial charge on any atom is 0.283 e. The number of nitrogens with one attached hydrogen (secondary N) is 3. The van der Waals surface area contributed by atoms with Crippen LogP contribution in [0.4, 0.5) is 5.69 Å². The Bertz CT molecular complexity index is 1290. The van der Waals surface area contributed by atoms with Crippen molar-refractivity contribution >= 4 is 58.2 Å². The molecule has 0 atom stereocenters. The van der Waals surface area contributed by atoms with Crippen molar-refractivity contribution < 1.29 is 14.3 Å². The van der Waals surface area contributed by atoms with Crippen LogP contribution in [-0.2, 0) is 11.3 Å². The Morgan fingerprint density at radius 3 is 2.41 bits per heavy atom. The van der Waals surface area contributed by atoms with Gasteiger partial charge in [-0.2, -0.15) is 9.37 Å². The van der Waals surface area contributed by atoms with Crippen molar-refractivity contribution in [3.05, 3.63) is 62.4 Å². The summed E-state index contributed by atoms with van der Waals surface area (Å²) in [6.45, 7) is 6.03.